The number of nitro groups is 1. The Kier molecular flexibility index (Phi) is 12.5. The van der Waals surface area contributed by atoms with Crippen molar-refractivity contribution >= 4 is 35.6 Å². The number of halogens is 1. The average Bonchev–Trinajstić information content (AvgIpc) is 3.20. The fourth-order valence-corrected chi connectivity index (χ4v) is 2.68. The van der Waals surface area contributed by atoms with Gasteiger partial charge in [-0.1, -0.05) is 12.1 Å². The normalized spacial score (nSPS) is 11.0. The minimum atomic E-state index is -0.459. The zero-order chi connectivity index (χ0) is 21.8. The molecule has 10 nitrogen and oxygen atoms in total. The second-order valence-electron chi connectivity index (χ2n) is 6.65. The molecular formula is C20H31IN6O4. The molecule has 2 N–H and O–H groups in total. The molecule has 0 bridgehead atoms. The van der Waals surface area contributed by atoms with Crippen LogP contribution in [0.2, 0.25) is 0 Å². The Morgan fingerprint density at radius 1 is 1.32 bits per heavy atom. The summed E-state index contributed by atoms with van der Waals surface area (Å²) in [7, 11) is 1.68. The SMILES string of the molecule is CCNC(=NCc1ccc(C)cc1OCCCOC)NCCn1cc([N+](=O)[O-])cn1.I. The molecule has 0 aliphatic rings. The fraction of sp³-hybridized carbons (Fsp3) is 0.500. The van der Waals surface area contributed by atoms with Crippen LogP contribution >= 0.6 is 24.0 Å². The van der Waals surface area contributed by atoms with Gasteiger partial charge in [-0.15, -0.1) is 24.0 Å². The van der Waals surface area contributed by atoms with Gasteiger partial charge < -0.3 is 20.1 Å². The van der Waals surface area contributed by atoms with Crippen molar-refractivity contribution in [1.82, 2.24) is 20.4 Å². The summed E-state index contributed by atoms with van der Waals surface area (Å²) in [6.45, 7) is 7.45. The molecule has 0 unspecified atom stereocenters. The van der Waals surface area contributed by atoms with Gasteiger partial charge in [0.25, 0.3) is 0 Å². The van der Waals surface area contributed by atoms with E-state index >= 15 is 0 Å². The lowest BCUT2D eigenvalue weighted by Crippen LogP contribution is -2.38. The van der Waals surface area contributed by atoms with Crippen molar-refractivity contribution in [2.45, 2.75) is 33.4 Å². The van der Waals surface area contributed by atoms with Crippen molar-refractivity contribution in [2.24, 2.45) is 4.99 Å². The van der Waals surface area contributed by atoms with Crippen LogP contribution in [0.1, 0.15) is 24.5 Å². The molecule has 0 aliphatic carbocycles. The zero-order valence-electron chi connectivity index (χ0n) is 18.2. The maximum Gasteiger partial charge on any atom is 0.306 e. The van der Waals surface area contributed by atoms with Crippen molar-refractivity contribution < 1.29 is 14.4 Å². The second kappa shape index (κ2) is 14.6. The molecule has 0 atom stereocenters. The molecule has 31 heavy (non-hydrogen) atoms. The van der Waals surface area contributed by atoms with Crippen molar-refractivity contribution in [3.63, 3.8) is 0 Å². The van der Waals surface area contributed by atoms with Gasteiger partial charge in [-0.3, -0.25) is 14.8 Å². The first-order chi connectivity index (χ1) is 14.5. The Morgan fingerprint density at radius 2 is 2.13 bits per heavy atom. The number of benzene rings is 1. The second-order valence-corrected chi connectivity index (χ2v) is 6.65. The van der Waals surface area contributed by atoms with E-state index in [-0.39, 0.29) is 29.7 Å². The van der Waals surface area contributed by atoms with E-state index in [1.54, 1.807) is 7.11 Å². The molecule has 2 rings (SSSR count). The van der Waals surface area contributed by atoms with Crippen LogP contribution in [0.15, 0.2) is 35.6 Å². The van der Waals surface area contributed by atoms with Crippen LogP contribution in [0.5, 0.6) is 5.75 Å². The smallest absolute Gasteiger partial charge is 0.306 e. The van der Waals surface area contributed by atoms with Gasteiger partial charge in [0, 0.05) is 38.8 Å². The number of nitrogens with zero attached hydrogens (tertiary/aromatic N) is 4. The van der Waals surface area contributed by atoms with Gasteiger partial charge in [-0.2, -0.15) is 5.10 Å². The quantitative estimate of drug-likeness (QED) is 0.105. The number of aliphatic imine (C=N–C) groups is 1. The van der Waals surface area contributed by atoms with Crippen LogP contribution < -0.4 is 15.4 Å². The number of nitrogens with one attached hydrogen (secondary N) is 2. The van der Waals surface area contributed by atoms with E-state index < -0.39 is 4.92 Å². The molecule has 1 aromatic carbocycles. The number of methoxy groups -OCH3 is 1. The number of rotatable bonds is 12. The zero-order valence-corrected chi connectivity index (χ0v) is 20.5. The Balaban J connectivity index is 0.00000480. The van der Waals surface area contributed by atoms with Crippen molar-refractivity contribution in [3.05, 3.63) is 51.8 Å². The molecule has 0 aliphatic heterocycles. The third kappa shape index (κ3) is 9.51. The Bertz CT molecular complexity index is 843. The first-order valence-corrected chi connectivity index (χ1v) is 9.93. The van der Waals surface area contributed by atoms with Gasteiger partial charge in [0.05, 0.1) is 24.6 Å². The molecule has 0 saturated carbocycles. The largest absolute Gasteiger partial charge is 0.493 e. The summed E-state index contributed by atoms with van der Waals surface area (Å²) in [5, 5.41) is 21.1. The van der Waals surface area contributed by atoms with Gasteiger partial charge in [0.1, 0.15) is 18.1 Å². The van der Waals surface area contributed by atoms with Gasteiger partial charge in [-0.05, 0) is 25.5 Å². The lowest BCUT2D eigenvalue weighted by molar-refractivity contribution is -0.385. The molecule has 0 spiro atoms. The van der Waals surface area contributed by atoms with E-state index in [4.69, 9.17) is 9.47 Å². The van der Waals surface area contributed by atoms with E-state index in [0.29, 0.717) is 45.4 Å². The number of ether oxygens (including phenoxy) is 2. The highest BCUT2D eigenvalue weighted by Crippen LogP contribution is 2.21. The summed E-state index contributed by atoms with van der Waals surface area (Å²) in [6, 6.07) is 6.08. The highest BCUT2D eigenvalue weighted by Gasteiger charge is 2.09. The summed E-state index contributed by atoms with van der Waals surface area (Å²) in [5.41, 5.74) is 2.11. The molecule has 0 saturated heterocycles. The average molecular weight is 546 g/mol. The molecule has 2 aromatic rings. The summed E-state index contributed by atoms with van der Waals surface area (Å²) in [4.78, 5) is 14.9. The Hall–Kier alpha value is -2.41. The maximum atomic E-state index is 10.7. The van der Waals surface area contributed by atoms with Crippen LogP contribution in [0.4, 0.5) is 5.69 Å². The Labute approximate surface area is 199 Å². The van der Waals surface area contributed by atoms with Crippen molar-refractivity contribution in [2.75, 3.05) is 33.4 Å². The molecule has 1 aromatic heterocycles. The third-order valence-corrected chi connectivity index (χ3v) is 4.19. The van der Waals surface area contributed by atoms with E-state index in [0.717, 1.165) is 23.3 Å². The number of hydrogen-bond acceptors (Lipinski definition) is 6. The minimum absolute atomic E-state index is 0. The number of aromatic nitrogens is 2. The summed E-state index contributed by atoms with van der Waals surface area (Å²) in [5.74, 6) is 1.49. The maximum absolute atomic E-state index is 10.7. The van der Waals surface area contributed by atoms with Gasteiger partial charge in [0.15, 0.2) is 5.96 Å². The minimum Gasteiger partial charge on any atom is -0.493 e. The highest BCUT2D eigenvalue weighted by atomic mass is 127. The van der Waals surface area contributed by atoms with E-state index in [1.165, 1.54) is 17.1 Å². The lowest BCUT2D eigenvalue weighted by Gasteiger charge is -2.13. The third-order valence-electron chi connectivity index (χ3n) is 4.19. The predicted octanol–water partition coefficient (Wildman–Crippen LogP) is 2.89. The van der Waals surface area contributed by atoms with Crippen LogP contribution in [-0.4, -0.2) is 54.1 Å². The Morgan fingerprint density at radius 3 is 2.81 bits per heavy atom. The lowest BCUT2D eigenvalue weighted by atomic mass is 10.1. The standard InChI is InChI=1S/C20H30N6O4.HI/c1-4-21-20(22-8-9-25-15-18(14-24-25)26(27)28)23-13-17-7-6-16(2)12-19(17)30-11-5-10-29-3;/h6-7,12,14-15H,4-5,8-11,13H2,1-3H3,(H2,21,22,23);1H. The predicted molar refractivity (Wildman–Crippen MR) is 130 cm³/mol. The molecule has 0 fully saturated rings. The fourth-order valence-electron chi connectivity index (χ4n) is 2.68. The van der Waals surface area contributed by atoms with E-state index in [2.05, 4.69) is 20.7 Å². The molecule has 0 amide bonds. The van der Waals surface area contributed by atoms with Crippen molar-refractivity contribution in [3.8, 4) is 5.75 Å². The summed E-state index contributed by atoms with van der Waals surface area (Å²) < 4.78 is 12.5. The molecule has 172 valence electrons. The number of aryl methyl sites for hydroxylation is 1. The summed E-state index contributed by atoms with van der Waals surface area (Å²) in [6.07, 6.45) is 3.47. The van der Waals surface area contributed by atoms with Crippen LogP contribution in [0.25, 0.3) is 0 Å². The van der Waals surface area contributed by atoms with E-state index in [1.807, 2.05) is 32.0 Å². The van der Waals surface area contributed by atoms with Gasteiger partial charge in [0.2, 0.25) is 0 Å². The number of guanidine groups is 1. The molecule has 11 heteroatoms. The van der Waals surface area contributed by atoms with Gasteiger partial charge >= 0.3 is 5.69 Å². The molecule has 0 radical (unpaired) electrons. The number of hydrogen-bond donors (Lipinski definition) is 2. The van der Waals surface area contributed by atoms with Crippen LogP contribution in [0, 0.1) is 17.0 Å². The van der Waals surface area contributed by atoms with Crippen LogP contribution in [-0.2, 0) is 17.8 Å². The topological polar surface area (TPSA) is 116 Å². The van der Waals surface area contributed by atoms with Crippen molar-refractivity contribution in [1.29, 1.82) is 0 Å². The van der Waals surface area contributed by atoms with Crippen LogP contribution in [0.3, 0.4) is 0 Å². The molecule has 1 heterocycles. The molecular weight excluding hydrogens is 515 g/mol. The highest BCUT2D eigenvalue weighted by molar-refractivity contribution is 14.0. The van der Waals surface area contributed by atoms with Gasteiger partial charge in [-0.25, -0.2) is 4.99 Å². The summed E-state index contributed by atoms with van der Waals surface area (Å²) >= 11 is 0. The monoisotopic (exact) mass is 546 g/mol. The van der Waals surface area contributed by atoms with E-state index in [9.17, 15) is 10.1 Å². The first-order valence-electron chi connectivity index (χ1n) is 9.93. The first kappa shape index (κ1) is 26.6.